The predicted octanol–water partition coefficient (Wildman–Crippen LogP) is 5.47. The number of hydrogen-bond acceptors (Lipinski definition) is 6. The average molecular weight is 411 g/mol. The van der Waals surface area contributed by atoms with Gasteiger partial charge in [0, 0.05) is 29.1 Å². The third-order valence-electron chi connectivity index (χ3n) is 4.73. The van der Waals surface area contributed by atoms with E-state index in [0.717, 1.165) is 28.1 Å². The van der Waals surface area contributed by atoms with Crippen molar-refractivity contribution in [1.29, 1.82) is 0 Å². The van der Waals surface area contributed by atoms with E-state index in [1.54, 1.807) is 7.11 Å². The molecule has 0 unspecified atom stereocenters. The minimum atomic E-state index is -0.0852. The summed E-state index contributed by atoms with van der Waals surface area (Å²) in [6.45, 7) is 3.54. The molecule has 1 N–H and O–H groups in total. The zero-order chi connectivity index (χ0) is 21.6. The number of ketones is 1. The number of para-hydroxylation sites is 1. The summed E-state index contributed by atoms with van der Waals surface area (Å²) >= 11 is 0. The molecule has 0 spiro atoms. The van der Waals surface area contributed by atoms with Crippen LogP contribution in [0.5, 0.6) is 17.2 Å². The molecule has 0 aliphatic heterocycles. The third-order valence-corrected chi connectivity index (χ3v) is 4.73. The number of fused-ring (bicyclic) bond motifs is 1. The monoisotopic (exact) mass is 411 g/mol. The predicted molar refractivity (Wildman–Crippen MR) is 121 cm³/mol. The number of nitrogens with one attached hydrogen (secondary N) is 1. The summed E-state index contributed by atoms with van der Waals surface area (Å²) in [5.41, 5.74) is 2.32. The first kappa shape index (κ1) is 20.1. The normalized spacial score (nSPS) is 10.5. The van der Waals surface area contributed by atoms with E-state index in [4.69, 9.17) is 9.47 Å². The van der Waals surface area contributed by atoms with Gasteiger partial charge >= 0.3 is 0 Å². The molecule has 0 aliphatic carbocycles. The van der Waals surface area contributed by atoms with E-state index in [0.29, 0.717) is 17.1 Å². The summed E-state index contributed by atoms with van der Waals surface area (Å²) < 4.78 is 11.3. The molecule has 0 saturated carbocycles. The third kappa shape index (κ3) is 4.70. The Balaban J connectivity index is 1.61. The molecule has 6 nitrogen and oxygen atoms in total. The minimum Gasteiger partial charge on any atom is -0.496 e. The van der Waals surface area contributed by atoms with Crippen molar-refractivity contribution in [2.24, 2.45) is 0 Å². The van der Waals surface area contributed by atoms with Gasteiger partial charge in [-0.2, -0.15) is 0 Å². The molecule has 0 amide bonds. The minimum absolute atomic E-state index is 0.0852. The maximum Gasteiger partial charge on any atom is 0.159 e. The van der Waals surface area contributed by atoms with Gasteiger partial charge in [0.1, 0.15) is 29.4 Å². The second-order valence-corrected chi connectivity index (χ2v) is 6.82. The van der Waals surface area contributed by atoms with E-state index in [1.165, 1.54) is 12.4 Å². The summed E-state index contributed by atoms with van der Waals surface area (Å²) in [4.78, 5) is 20.6. The van der Waals surface area contributed by atoms with E-state index in [1.807, 2.05) is 66.7 Å². The van der Waals surface area contributed by atoms with Gasteiger partial charge in [0.2, 0.25) is 0 Å². The topological polar surface area (TPSA) is 73.3 Å². The number of nitrogens with zero attached hydrogens (tertiary/aromatic N) is 2. The highest BCUT2D eigenvalue weighted by Gasteiger charge is 2.13. The summed E-state index contributed by atoms with van der Waals surface area (Å²) in [7, 11) is 1.57. The number of aromatic nitrogens is 2. The summed E-state index contributed by atoms with van der Waals surface area (Å²) in [6, 6.07) is 20.9. The Bertz CT molecular complexity index is 1220. The van der Waals surface area contributed by atoms with Crippen molar-refractivity contribution in [2.75, 3.05) is 12.4 Å². The van der Waals surface area contributed by atoms with Crippen LogP contribution in [0.3, 0.4) is 0 Å². The quantitative estimate of drug-likeness (QED) is 0.388. The van der Waals surface area contributed by atoms with E-state index >= 15 is 0 Å². The number of benzene rings is 3. The van der Waals surface area contributed by atoms with Crippen LogP contribution in [0.1, 0.15) is 5.56 Å². The van der Waals surface area contributed by atoms with Gasteiger partial charge in [-0.1, -0.05) is 24.8 Å². The first-order valence-electron chi connectivity index (χ1n) is 9.73. The van der Waals surface area contributed by atoms with Gasteiger partial charge < -0.3 is 14.8 Å². The van der Waals surface area contributed by atoms with Crippen LogP contribution in [0.15, 0.2) is 85.7 Å². The van der Waals surface area contributed by atoms with Gasteiger partial charge in [-0.05, 0) is 48.5 Å². The number of hydrogen-bond donors (Lipinski definition) is 1. The Labute approximate surface area is 180 Å². The van der Waals surface area contributed by atoms with Crippen molar-refractivity contribution in [3.8, 4) is 17.2 Å². The first-order valence-corrected chi connectivity index (χ1v) is 9.73. The molecule has 4 rings (SSSR count). The van der Waals surface area contributed by atoms with Gasteiger partial charge in [0.15, 0.2) is 5.78 Å². The lowest BCUT2D eigenvalue weighted by Crippen LogP contribution is -2.02. The number of methoxy groups -OCH3 is 1. The Morgan fingerprint density at radius 2 is 1.77 bits per heavy atom. The zero-order valence-corrected chi connectivity index (χ0v) is 17.0. The van der Waals surface area contributed by atoms with Crippen molar-refractivity contribution in [3.05, 3.63) is 91.3 Å². The lowest BCUT2D eigenvalue weighted by Gasteiger charge is -2.13. The lowest BCUT2D eigenvalue weighted by atomic mass is 10.0. The highest BCUT2D eigenvalue weighted by atomic mass is 16.5. The zero-order valence-electron chi connectivity index (χ0n) is 17.0. The number of allylic oxidation sites excluding steroid dienone is 1. The highest BCUT2D eigenvalue weighted by Crippen LogP contribution is 2.31. The average Bonchev–Trinajstić information content (AvgIpc) is 2.81. The van der Waals surface area contributed by atoms with Crippen LogP contribution in [0.2, 0.25) is 0 Å². The van der Waals surface area contributed by atoms with Crippen LogP contribution >= 0.6 is 0 Å². The Morgan fingerprint density at radius 1 is 1.03 bits per heavy atom. The van der Waals surface area contributed by atoms with Gasteiger partial charge in [0.25, 0.3) is 0 Å². The SMILES string of the molecule is C=CC(=O)Cc1cc2c(Nc3ccc(Oc4ccccc4)cc3)ncnc2cc1OC. The lowest BCUT2D eigenvalue weighted by molar-refractivity contribution is -0.114. The van der Waals surface area contributed by atoms with Crippen molar-refractivity contribution >= 4 is 28.2 Å². The molecule has 1 aromatic heterocycles. The molecule has 154 valence electrons. The van der Waals surface area contributed by atoms with Crippen LogP contribution in [0, 0.1) is 0 Å². The molecule has 0 radical (unpaired) electrons. The Kier molecular flexibility index (Phi) is 5.89. The second kappa shape index (κ2) is 9.09. The maximum atomic E-state index is 11.9. The van der Waals surface area contributed by atoms with E-state index in [2.05, 4.69) is 21.9 Å². The van der Waals surface area contributed by atoms with Crippen molar-refractivity contribution < 1.29 is 14.3 Å². The molecule has 1 heterocycles. The fourth-order valence-electron chi connectivity index (χ4n) is 3.18. The fraction of sp³-hybridized carbons (Fsp3) is 0.0800. The standard InChI is InChI=1S/C25H21N3O3/c1-3-19(29)13-17-14-22-23(15-24(17)30-2)26-16-27-25(22)28-18-9-11-21(12-10-18)31-20-7-5-4-6-8-20/h3-12,14-16H,1,13H2,2H3,(H,26,27,28). The van der Waals surface area contributed by atoms with Crippen LogP contribution in [-0.4, -0.2) is 22.9 Å². The molecular formula is C25H21N3O3. The Morgan fingerprint density at radius 3 is 2.48 bits per heavy atom. The van der Waals surface area contributed by atoms with Crippen LogP contribution in [-0.2, 0) is 11.2 Å². The summed E-state index contributed by atoms with van der Waals surface area (Å²) in [5.74, 6) is 2.67. The van der Waals surface area contributed by atoms with E-state index in [-0.39, 0.29) is 12.2 Å². The van der Waals surface area contributed by atoms with Crippen molar-refractivity contribution in [2.45, 2.75) is 6.42 Å². The summed E-state index contributed by atoms with van der Waals surface area (Å²) in [5, 5.41) is 4.11. The molecule has 0 saturated heterocycles. The number of ether oxygens (including phenoxy) is 2. The van der Waals surface area contributed by atoms with E-state index < -0.39 is 0 Å². The van der Waals surface area contributed by atoms with Crippen molar-refractivity contribution in [1.82, 2.24) is 9.97 Å². The molecular weight excluding hydrogens is 390 g/mol. The molecule has 31 heavy (non-hydrogen) atoms. The first-order chi connectivity index (χ1) is 15.2. The van der Waals surface area contributed by atoms with Crippen LogP contribution in [0.25, 0.3) is 10.9 Å². The smallest absolute Gasteiger partial charge is 0.159 e. The van der Waals surface area contributed by atoms with E-state index in [9.17, 15) is 4.79 Å². The number of carbonyl (C=O) groups is 1. The molecule has 4 aromatic rings. The van der Waals surface area contributed by atoms with Gasteiger partial charge in [-0.3, -0.25) is 4.79 Å². The van der Waals surface area contributed by atoms with Crippen molar-refractivity contribution in [3.63, 3.8) is 0 Å². The van der Waals surface area contributed by atoms with Gasteiger partial charge in [0.05, 0.1) is 12.6 Å². The van der Waals surface area contributed by atoms with Crippen LogP contribution < -0.4 is 14.8 Å². The number of carbonyl (C=O) groups excluding carboxylic acids is 1. The van der Waals surface area contributed by atoms with Gasteiger partial charge in [-0.15, -0.1) is 0 Å². The summed E-state index contributed by atoms with van der Waals surface area (Å²) in [6.07, 6.45) is 3.00. The maximum absolute atomic E-state index is 11.9. The van der Waals surface area contributed by atoms with Gasteiger partial charge in [-0.25, -0.2) is 9.97 Å². The molecule has 0 atom stereocenters. The number of rotatable bonds is 8. The molecule has 0 fully saturated rings. The molecule has 6 heteroatoms. The molecule has 0 aliphatic rings. The second-order valence-electron chi connectivity index (χ2n) is 6.82. The highest BCUT2D eigenvalue weighted by molar-refractivity contribution is 5.95. The molecule has 0 bridgehead atoms. The fourth-order valence-corrected chi connectivity index (χ4v) is 3.18. The number of anilines is 2. The Hall–Kier alpha value is -4.19. The molecule has 3 aromatic carbocycles. The van der Waals surface area contributed by atoms with Crippen LogP contribution in [0.4, 0.5) is 11.5 Å². The largest absolute Gasteiger partial charge is 0.496 e.